The van der Waals surface area contributed by atoms with Crippen LogP contribution in [0.1, 0.15) is 52.0 Å². The molecule has 2 aliphatic rings. The molecule has 0 bridgehead atoms. The zero-order valence-electron chi connectivity index (χ0n) is 19.1. The molecule has 1 saturated heterocycles. The van der Waals surface area contributed by atoms with E-state index in [1.807, 2.05) is 11.8 Å². The molecule has 1 N–H and O–H groups in total. The molecule has 2 aliphatic heterocycles. The molecule has 3 nitrogen and oxygen atoms in total. The van der Waals surface area contributed by atoms with Crippen LogP contribution in [0.2, 0.25) is 0 Å². The standard InChI is InChI=1S/C26H35N3S2/c1-19(2)9-8-14-27-26(30)21-12-13-25-23(17-21)29(20(3)18-28-15-6-7-16-28)22-10-4-5-11-24(22)31-25/h4-5,10-13,17,19-20H,6-9,14-16,18H2,1-3H3,(H,27,30)/t20-/m1/s1. The predicted octanol–water partition coefficient (Wildman–Crippen LogP) is 6.47. The van der Waals surface area contributed by atoms with Gasteiger partial charge < -0.3 is 15.1 Å². The Morgan fingerprint density at radius 1 is 1.03 bits per heavy atom. The fourth-order valence-electron chi connectivity index (χ4n) is 4.63. The first-order valence-corrected chi connectivity index (χ1v) is 13.0. The molecular formula is C26H35N3S2. The van der Waals surface area contributed by atoms with Gasteiger partial charge in [-0.1, -0.05) is 56.0 Å². The summed E-state index contributed by atoms with van der Waals surface area (Å²) in [6, 6.07) is 16.0. The number of fused-ring (bicyclic) bond motifs is 2. The van der Waals surface area contributed by atoms with Gasteiger partial charge in [0.25, 0.3) is 0 Å². The summed E-state index contributed by atoms with van der Waals surface area (Å²) in [5, 5.41) is 3.48. The zero-order chi connectivity index (χ0) is 21.8. The van der Waals surface area contributed by atoms with E-state index in [9.17, 15) is 0 Å². The van der Waals surface area contributed by atoms with Crippen LogP contribution in [0.25, 0.3) is 0 Å². The van der Waals surface area contributed by atoms with Crippen molar-refractivity contribution in [1.29, 1.82) is 0 Å². The Hall–Kier alpha value is -1.56. The normalized spacial score (nSPS) is 16.8. The van der Waals surface area contributed by atoms with Crippen molar-refractivity contribution in [2.75, 3.05) is 31.1 Å². The van der Waals surface area contributed by atoms with Crippen LogP contribution in [0.4, 0.5) is 11.4 Å². The Kier molecular flexibility index (Phi) is 7.57. The van der Waals surface area contributed by atoms with Gasteiger partial charge in [-0.2, -0.15) is 0 Å². The summed E-state index contributed by atoms with van der Waals surface area (Å²) < 4.78 is 0. The second-order valence-corrected chi connectivity index (χ2v) is 10.8. The molecule has 0 amide bonds. The number of nitrogens with one attached hydrogen (secondary N) is 1. The van der Waals surface area contributed by atoms with Gasteiger partial charge in [-0.25, -0.2) is 0 Å². The molecule has 1 atom stereocenters. The van der Waals surface area contributed by atoms with Crippen LogP contribution in [-0.2, 0) is 0 Å². The van der Waals surface area contributed by atoms with E-state index in [0.29, 0.717) is 6.04 Å². The topological polar surface area (TPSA) is 18.5 Å². The third-order valence-electron chi connectivity index (χ3n) is 6.23. The highest BCUT2D eigenvalue weighted by Crippen LogP contribution is 2.49. The molecule has 2 aromatic rings. The van der Waals surface area contributed by atoms with E-state index in [4.69, 9.17) is 12.2 Å². The van der Waals surface area contributed by atoms with Crippen molar-refractivity contribution < 1.29 is 0 Å². The second-order valence-electron chi connectivity index (χ2n) is 9.27. The lowest BCUT2D eigenvalue weighted by atomic mass is 10.1. The summed E-state index contributed by atoms with van der Waals surface area (Å²) in [6.45, 7) is 11.4. The average molecular weight is 454 g/mol. The molecule has 5 heteroatoms. The van der Waals surface area contributed by atoms with Crippen LogP contribution in [0, 0.1) is 5.92 Å². The second kappa shape index (κ2) is 10.4. The van der Waals surface area contributed by atoms with E-state index < -0.39 is 0 Å². The number of rotatable bonds is 8. The van der Waals surface area contributed by atoms with Gasteiger partial charge in [0, 0.05) is 34.5 Å². The number of thiocarbonyl (C=S) groups is 1. The summed E-state index contributed by atoms with van der Waals surface area (Å²) in [5.41, 5.74) is 3.73. The molecule has 1 fully saturated rings. The van der Waals surface area contributed by atoms with Crippen LogP contribution in [0.15, 0.2) is 52.3 Å². The first kappa shape index (κ1) is 22.6. The predicted molar refractivity (Wildman–Crippen MR) is 138 cm³/mol. The van der Waals surface area contributed by atoms with E-state index in [-0.39, 0.29) is 0 Å². The SMILES string of the molecule is CC(C)CCCNC(=S)c1ccc2c(c1)N([C@H](C)CN1CCCC1)c1ccccc1S2. The Balaban J connectivity index is 1.57. The quantitative estimate of drug-likeness (QED) is 0.363. The maximum atomic E-state index is 5.76. The zero-order valence-corrected chi connectivity index (χ0v) is 20.7. The van der Waals surface area contributed by atoms with E-state index >= 15 is 0 Å². The van der Waals surface area contributed by atoms with Crippen LogP contribution in [0.3, 0.4) is 0 Å². The number of nitrogens with zero attached hydrogens (tertiary/aromatic N) is 2. The molecule has 0 saturated carbocycles. The van der Waals surface area contributed by atoms with Gasteiger partial charge in [0.15, 0.2) is 0 Å². The lowest BCUT2D eigenvalue weighted by molar-refractivity contribution is 0.319. The third-order valence-corrected chi connectivity index (χ3v) is 7.74. The van der Waals surface area contributed by atoms with Gasteiger partial charge in [-0.05, 0) is 75.9 Å². The minimum absolute atomic E-state index is 0.404. The molecule has 0 unspecified atom stereocenters. The van der Waals surface area contributed by atoms with Crippen LogP contribution in [0.5, 0.6) is 0 Å². The molecule has 2 heterocycles. The summed E-state index contributed by atoms with van der Waals surface area (Å²) in [7, 11) is 0. The number of hydrogen-bond acceptors (Lipinski definition) is 4. The van der Waals surface area contributed by atoms with E-state index in [1.54, 1.807) is 0 Å². The van der Waals surface area contributed by atoms with Crippen LogP contribution < -0.4 is 10.2 Å². The Labute approximate surface area is 197 Å². The highest BCUT2D eigenvalue weighted by Gasteiger charge is 2.29. The van der Waals surface area contributed by atoms with Gasteiger partial charge in [-0.3, -0.25) is 0 Å². The Morgan fingerprint density at radius 2 is 1.77 bits per heavy atom. The van der Waals surface area contributed by atoms with Gasteiger partial charge in [0.05, 0.1) is 11.4 Å². The molecule has 2 aromatic carbocycles. The minimum Gasteiger partial charge on any atom is -0.376 e. The molecular weight excluding hydrogens is 418 g/mol. The number of benzene rings is 2. The lowest BCUT2D eigenvalue weighted by Crippen LogP contribution is -2.40. The fraction of sp³-hybridized carbons (Fsp3) is 0.500. The molecule has 0 spiro atoms. The average Bonchev–Trinajstić information content (AvgIpc) is 3.27. The largest absolute Gasteiger partial charge is 0.376 e. The summed E-state index contributed by atoms with van der Waals surface area (Å²) in [4.78, 5) is 8.68. The fourth-order valence-corrected chi connectivity index (χ4v) is 5.92. The van der Waals surface area contributed by atoms with Crippen molar-refractivity contribution in [3.63, 3.8) is 0 Å². The minimum atomic E-state index is 0.404. The van der Waals surface area contributed by atoms with Crippen LogP contribution in [-0.4, -0.2) is 42.1 Å². The van der Waals surface area contributed by atoms with Gasteiger partial charge in [0.2, 0.25) is 0 Å². The first-order chi connectivity index (χ1) is 15.0. The van der Waals surface area contributed by atoms with Gasteiger partial charge in [-0.15, -0.1) is 0 Å². The summed E-state index contributed by atoms with van der Waals surface area (Å²) in [5.74, 6) is 0.738. The van der Waals surface area contributed by atoms with E-state index in [0.717, 1.165) is 36.0 Å². The number of likely N-dealkylation sites (tertiary alicyclic amines) is 1. The summed E-state index contributed by atoms with van der Waals surface area (Å²) in [6.07, 6.45) is 5.05. The number of para-hydroxylation sites is 1. The Bertz CT molecular complexity index is 905. The highest BCUT2D eigenvalue weighted by atomic mass is 32.2. The van der Waals surface area contributed by atoms with Crippen molar-refractivity contribution in [2.24, 2.45) is 5.92 Å². The van der Waals surface area contributed by atoms with Crippen molar-refractivity contribution >= 4 is 40.3 Å². The molecule has 166 valence electrons. The number of hydrogen-bond donors (Lipinski definition) is 1. The maximum absolute atomic E-state index is 5.76. The molecule has 4 rings (SSSR count). The van der Waals surface area contributed by atoms with E-state index in [1.165, 1.54) is 53.5 Å². The van der Waals surface area contributed by atoms with Gasteiger partial charge >= 0.3 is 0 Å². The van der Waals surface area contributed by atoms with Crippen molar-refractivity contribution in [3.8, 4) is 0 Å². The third kappa shape index (κ3) is 5.44. The van der Waals surface area contributed by atoms with Crippen molar-refractivity contribution in [2.45, 2.75) is 62.3 Å². The van der Waals surface area contributed by atoms with Crippen LogP contribution >= 0.6 is 24.0 Å². The maximum Gasteiger partial charge on any atom is 0.106 e. The molecule has 0 aliphatic carbocycles. The molecule has 31 heavy (non-hydrogen) atoms. The number of anilines is 2. The van der Waals surface area contributed by atoms with E-state index in [2.05, 4.69) is 78.4 Å². The molecule has 0 aromatic heterocycles. The monoisotopic (exact) mass is 453 g/mol. The summed E-state index contributed by atoms with van der Waals surface area (Å²) >= 11 is 7.63. The first-order valence-electron chi connectivity index (χ1n) is 11.7. The lowest BCUT2D eigenvalue weighted by Gasteiger charge is -2.39. The van der Waals surface area contributed by atoms with Crippen molar-refractivity contribution in [1.82, 2.24) is 10.2 Å². The van der Waals surface area contributed by atoms with Gasteiger partial charge in [0.1, 0.15) is 4.99 Å². The highest BCUT2D eigenvalue weighted by molar-refractivity contribution is 7.99. The Morgan fingerprint density at radius 3 is 2.55 bits per heavy atom. The smallest absolute Gasteiger partial charge is 0.106 e. The molecule has 0 radical (unpaired) electrons. The van der Waals surface area contributed by atoms with Crippen molar-refractivity contribution in [3.05, 3.63) is 48.0 Å².